The summed E-state index contributed by atoms with van der Waals surface area (Å²) >= 11 is 0. The highest BCUT2D eigenvalue weighted by molar-refractivity contribution is 5.78. The van der Waals surface area contributed by atoms with Crippen molar-refractivity contribution in [3.8, 4) is 0 Å². The molecule has 0 bridgehead atoms. The summed E-state index contributed by atoms with van der Waals surface area (Å²) in [5.74, 6) is 0.525. The van der Waals surface area contributed by atoms with Crippen LogP contribution in [0, 0.1) is 0 Å². The van der Waals surface area contributed by atoms with Gasteiger partial charge in [0.2, 0.25) is 0 Å². The minimum absolute atomic E-state index is 0.255. The van der Waals surface area contributed by atoms with Crippen molar-refractivity contribution in [2.45, 2.75) is 12.5 Å². The lowest BCUT2D eigenvalue weighted by molar-refractivity contribution is 0.523. The molecule has 0 amide bonds. The van der Waals surface area contributed by atoms with E-state index in [1.165, 1.54) is 0 Å². The lowest BCUT2D eigenvalue weighted by Crippen LogP contribution is -2.39. The van der Waals surface area contributed by atoms with Crippen molar-refractivity contribution in [1.29, 1.82) is 0 Å². The second-order valence-electron chi connectivity index (χ2n) is 3.13. The molecule has 0 aliphatic carbocycles. The van der Waals surface area contributed by atoms with Gasteiger partial charge in [0.1, 0.15) is 0 Å². The van der Waals surface area contributed by atoms with Crippen molar-refractivity contribution in [2.24, 2.45) is 17.8 Å². The van der Waals surface area contributed by atoms with Gasteiger partial charge in [0.25, 0.3) is 0 Å². The molecule has 5 nitrogen and oxygen atoms in total. The molecule has 0 saturated heterocycles. The molecule has 2 rings (SSSR count). The van der Waals surface area contributed by atoms with Crippen LogP contribution in [-0.4, -0.2) is 22.3 Å². The minimum atomic E-state index is 0.255. The van der Waals surface area contributed by atoms with Gasteiger partial charge in [-0.15, -0.1) is 0 Å². The molecule has 2 heterocycles. The molecule has 0 spiro atoms. The van der Waals surface area contributed by atoms with Gasteiger partial charge in [-0.3, -0.25) is 9.67 Å². The molecule has 1 aliphatic heterocycles. The minimum Gasteiger partial charge on any atom is -0.370 e. The second-order valence-corrected chi connectivity index (χ2v) is 3.13. The number of nitrogens with one attached hydrogen (secondary N) is 1. The average Bonchev–Trinajstić information content (AvgIpc) is 2.51. The van der Waals surface area contributed by atoms with E-state index in [9.17, 15) is 0 Å². The van der Waals surface area contributed by atoms with Crippen molar-refractivity contribution >= 4 is 5.96 Å². The van der Waals surface area contributed by atoms with Gasteiger partial charge >= 0.3 is 0 Å². The van der Waals surface area contributed by atoms with Crippen LogP contribution in [0.3, 0.4) is 0 Å². The van der Waals surface area contributed by atoms with E-state index in [-0.39, 0.29) is 6.04 Å². The van der Waals surface area contributed by atoms with Crippen molar-refractivity contribution in [3.63, 3.8) is 0 Å². The third-order valence-corrected chi connectivity index (χ3v) is 2.24. The first-order valence-corrected chi connectivity index (χ1v) is 4.32. The molecular weight excluding hydrogens is 166 g/mol. The number of hydrogen-bond acceptors (Lipinski definition) is 4. The highest BCUT2D eigenvalue weighted by atomic mass is 15.3. The fourth-order valence-electron chi connectivity index (χ4n) is 1.56. The van der Waals surface area contributed by atoms with Crippen molar-refractivity contribution in [2.75, 3.05) is 6.54 Å². The smallest absolute Gasteiger partial charge is 0.189 e. The van der Waals surface area contributed by atoms with Crippen LogP contribution in [0.2, 0.25) is 0 Å². The lowest BCUT2D eigenvalue weighted by atomic mass is 10.1. The Bertz CT molecular complexity index is 327. The van der Waals surface area contributed by atoms with Crippen LogP contribution in [0.5, 0.6) is 0 Å². The Morgan fingerprint density at radius 3 is 3.15 bits per heavy atom. The molecule has 70 valence electrons. The number of nitrogens with zero attached hydrogens (tertiary/aromatic N) is 3. The predicted molar refractivity (Wildman–Crippen MR) is 50.2 cm³/mol. The third-order valence-electron chi connectivity index (χ3n) is 2.24. The highest BCUT2D eigenvalue weighted by Gasteiger charge is 2.17. The first-order chi connectivity index (χ1) is 6.27. The van der Waals surface area contributed by atoms with Gasteiger partial charge in [-0.2, -0.15) is 5.10 Å². The first kappa shape index (κ1) is 8.10. The zero-order chi connectivity index (χ0) is 9.26. The summed E-state index contributed by atoms with van der Waals surface area (Å²) in [5.41, 5.74) is 6.74. The highest BCUT2D eigenvalue weighted by Crippen LogP contribution is 2.17. The molecule has 0 fully saturated rings. The van der Waals surface area contributed by atoms with E-state index in [0.717, 1.165) is 18.7 Å². The van der Waals surface area contributed by atoms with Crippen LogP contribution < -0.4 is 11.1 Å². The van der Waals surface area contributed by atoms with E-state index in [4.69, 9.17) is 5.73 Å². The summed E-state index contributed by atoms with van der Waals surface area (Å²) in [6.07, 6.45) is 2.76. The summed E-state index contributed by atoms with van der Waals surface area (Å²) in [5, 5.41) is 7.24. The molecule has 1 aromatic rings. The Labute approximate surface area is 76.6 Å². The lowest BCUT2D eigenvalue weighted by Gasteiger charge is -2.22. The van der Waals surface area contributed by atoms with Crippen molar-refractivity contribution in [1.82, 2.24) is 15.1 Å². The van der Waals surface area contributed by atoms with Gasteiger partial charge in [0, 0.05) is 19.8 Å². The molecule has 1 aromatic heterocycles. The average molecular weight is 179 g/mol. The Morgan fingerprint density at radius 1 is 1.69 bits per heavy atom. The largest absolute Gasteiger partial charge is 0.370 e. The summed E-state index contributed by atoms with van der Waals surface area (Å²) in [6, 6.07) is 2.25. The molecule has 1 atom stereocenters. The fourth-order valence-corrected chi connectivity index (χ4v) is 1.56. The van der Waals surface area contributed by atoms with Gasteiger partial charge in [-0.25, -0.2) is 0 Å². The maximum Gasteiger partial charge on any atom is 0.189 e. The van der Waals surface area contributed by atoms with Crippen LogP contribution in [0.15, 0.2) is 17.3 Å². The van der Waals surface area contributed by atoms with Crippen LogP contribution in [-0.2, 0) is 7.05 Å². The van der Waals surface area contributed by atoms with Gasteiger partial charge < -0.3 is 11.1 Å². The van der Waals surface area contributed by atoms with Crippen molar-refractivity contribution < 1.29 is 0 Å². The molecule has 0 radical (unpaired) electrons. The molecule has 3 N–H and O–H groups in total. The van der Waals surface area contributed by atoms with E-state index in [0.29, 0.717) is 5.96 Å². The predicted octanol–water partition coefficient (Wildman–Crippen LogP) is -0.231. The number of aromatic nitrogens is 2. The summed E-state index contributed by atoms with van der Waals surface area (Å²) < 4.78 is 1.86. The summed E-state index contributed by atoms with van der Waals surface area (Å²) in [6.45, 7) is 0.786. The number of aryl methyl sites for hydroxylation is 1. The quantitative estimate of drug-likeness (QED) is 0.625. The topological polar surface area (TPSA) is 68.2 Å². The molecule has 5 heteroatoms. The standard InChI is InChI=1S/C8H13N5/c1-13-7(3-5-11-13)6-2-4-10-8(9)12-6/h3,5-6H,2,4H2,1H3,(H3,9,10,12). The van der Waals surface area contributed by atoms with Crippen LogP contribution in [0.25, 0.3) is 0 Å². The maximum absolute atomic E-state index is 5.59. The van der Waals surface area contributed by atoms with Crippen LogP contribution in [0.4, 0.5) is 0 Å². The Balaban J connectivity index is 2.19. The molecule has 13 heavy (non-hydrogen) atoms. The normalized spacial score (nSPS) is 22.2. The number of hydrogen-bond donors (Lipinski definition) is 2. The van der Waals surface area contributed by atoms with Gasteiger partial charge in [0.15, 0.2) is 5.96 Å². The zero-order valence-corrected chi connectivity index (χ0v) is 7.57. The summed E-state index contributed by atoms with van der Waals surface area (Å²) in [4.78, 5) is 4.07. The van der Waals surface area contributed by atoms with Crippen LogP contribution >= 0.6 is 0 Å². The molecular formula is C8H13N5. The first-order valence-electron chi connectivity index (χ1n) is 4.32. The fraction of sp³-hybridized carbons (Fsp3) is 0.500. The third kappa shape index (κ3) is 1.49. The Morgan fingerprint density at radius 2 is 2.54 bits per heavy atom. The SMILES string of the molecule is Cn1nccc1C1CCN=C(N)N1. The zero-order valence-electron chi connectivity index (χ0n) is 7.57. The second kappa shape index (κ2) is 3.08. The molecule has 1 unspecified atom stereocenters. The van der Waals surface area contributed by atoms with E-state index in [1.807, 2.05) is 17.8 Å². The van der Waals surface area contributed by atoms with Crippen LogP contribution in [0.1, 0.15) is 18.2 Å². The Hall–Kier alpha value is -1.52. The van der Waals surface area contributed by atoms with Gasteiger partial charge in [0.05, 0.1) is 11.7 Å². The van der Waals surface area contributed by atoms with E-state index in [1.54, 1.807) is 6.20 Å². The number of aliphatic imine (C=N–C) groups is 1. The monoisotopic (exact) mass is 179 g/mol. The number of rotatable bonds is 1. The maximum atomic E-state index is 5.59. The molecule has 0 saturated carbocycles. The number of nitrogens with two attached hydrogens (primary N) is 1. The van der Waals surface area contributed by atoms with E-state index in [2.05, 4.69) is 15.4 Å². The van der Waals surface area contributed by atoms with Gasteiger partial charge in [-0.1, -0.05) is 0 Å². The van der Waals surface area contributed by atoms with Gasteiger partial charge in [-0.05, 0) is 12.5 Å². The molecule has 1 aliphatic rings. The molecule has 0 aromatic carbocycles. The number of guanidine groups is 1. The Kier molecular flexibility index (Phi) is 1.92. The summed E-state index contributed by atoms with van der Waals surface area (Å²) in [7, 11) is 1.93. The van der Waals surface area contributed by atoms with E-state index >= 15 is 0 Å². The van der Waals surface area contributed by atoms with E-state index < -0.39 is 0 Å². The van der Waals surface area contributed by atoms with Crippen molar-refractivity contribution in [3.05, 3.63) is 18.0 Å².